The van der Waals surface area contributed by atoms with E-state index in [9.17, 15) is 13.2 Å². The van der Waals surface area contributed by atoms with Crippen molar-refractivity contribution in [1.82, 2.24) is 4.72 Å². The zero-order valence-electron chi connectivity index (χ0n) is 16.8. The highest BCUT2D eigenvalue weighted by Gasteiger charge is 2.17. The van der Waals surface area contributed by atoms with Gasteiger partial charge in [-0.3, -0.25) is 14.5 Å². The van der Waals surface area contributed by atoms with Crippen LogP contribution >= 0.6 is 0 Å². The number of anilines is 1. The Morgan fingerprint density at radius 2 is 1.70 bits per heavy atom. The highest BCUT2D eigenvalue weighted by atomic mass is 32.2. The highest BCUT2D eigenvalue weighted by Crippen LogP contribution is 2.18. The third kappa shape index (κ3) is 6.21. The van der Waals surface area contributed by atoms with E-state index in [1.54, 1.807) is 31.4 Å². The zero-order chi connectivity index (χ0) is 21.4. The third-order valence-corrected chi connectivity index (χ3v) is 5.90. The van der Waals surface area contributed by atoms with Crippen molar-refractivity contribution in [3.05, 3.63) is 48.5 Å². The second kappa shape index (κ2) is 10.1. The molecule has 160 valence electrons. The van der Waals surface area contributed by atoms with Gasteiger partial charge in [0.2, 0.25) is 0 Å². The zero-order valence-corrected chi connectivity index (χ0v) is 17.6. The van der Waals surface area contributed by atoms with E-state index in [1.165, 1.54) is 24.3 Å². The molecule has 2 aromatic rings. The summed E-state index contributed by atoms with van der Waals surface area (Å²) in [5.41, 5.74) is 0.476. The van der Waals surface area contributed by atoms with Gasteiger partial charge < -0.3 is 14.8 Å². The molecule has 0 fully saturated rings. The Morgan fingerprint density at radius 3 is 2.40 bits per heavy atom. The van der Waals surface area contributed by atoms with Gasteiger partial charge >= 0.3 is 0 Å². The summed E-state index contributed by atoms with van der Waals surface area (Å²) < 4.78 is 38.1. The van der Waals surface area contributed by atoms with Gasteiger partial charge in [0.1, 0.15) is 17.3 Å². The standard InChI is InChI=1S/C21H25N3O5S/c1-28-17-8-10-18(11-9-17)29-15-21(25)23-16-6-12-19(13-7-16)30(26,27)24-20-5-3-2-4-14-22-20/h6-13H,2-5,14-15H2,1H3,(H,22,24)(H,23,25). The van der Waals surface area contributed by atoms with Gasteiger partial charge in [0.25, 0.3) is 15.9 Å². The Hall–Kier alpha value is -3.07. The molecule has 1 heterocycles. The number of methoxy groups -OCH3 is 1. The largest absolute Gasteiger partial charge is 0.497 e. The van der Waals surface area contributed by atoms with E-state index in [0.717, 1.165) is 19.3 Å². The van der Waals surface area contributed by atoms with Crippen LogP contribution in [0.1, 0.15) is 25.7 Å². The Kier molecular flexibility index (Phi) is 7.29. The summed E-state index contributed by atoms with van der Waals surface area (Å²) in [5, 5.41) is 2.68. The molecule has 0 aliphatic carbocycles. The molecular formula is C21H25N3O5S. The molecule has 0 saturated heterocycles. The van der Waals surface area contributed by atoms with E-state index < -0.39 is 10.0 Å². The number of carbonyl (C=O) groups excluding carboxylic acids is 1. The lowest BCUT2D eigenvalue weighted by Crippen LogP contribution is -2.30. The number of nitrogens with zero attached hydrogens (tertiary/aromatic N) is 1. The molecule has 0 aromatic heterocycles. The van der Waals surface area contributed by atoms with Crippen LogP contribution in [-0.2, 0) is 14.8 Å². The quantitative estimate of drug-likeness (QED) is 0.701. The first-order chi connectivity index (χ1) is 14.5. The van der Waals surface area contributed by atoms with Crippen LogP contribution in [0.25, 0.3) is 0 Å². The lowest BCUT2D eigenvalue weighted by molar-refractivity contribution is -0.118. The van der Waals surface area contributed by atoms with Crippen molar-refractivity contribution in [2.24, 2.45) is 4.99 Å². The SMILES string of the molecule is COc1ccc(OCC(=O)Nc2ccc(S(=O)(=O)NC3=NCCCCC3)cc2)cc1. The van der Waals surface area contributed by atoms with Crippen molar-refractivity contribution in [2.45, 2.75) is 30.6 Å². The number of sulfonamides is 1. The minimum atomic E-state index is -3.70. The number of rotatable bonds is 7. The first kappa shape index (κ1) is 21.6. The minimum absolute atomic E-state index is 0.113. The van der Waals surface area contributed by atoms with Crippen molar-refractivity contribution in [3.63, 3.8) is 0 Å². The summed E-state index contributed by atoms with van der Waals surface area (Å²) in [5.74, 6) is 1.38. The Labute approximate surface area is 176 Å². The van der Waals surface area contributed by atoms with Crippen LogP contribution in [0.15, 0.2) is 58.4 Å². The van der Waals surface area contributed by atoms with E-state index in [1.807, 2.05) is 0 Å². The molecule has 3 rings (SSSR count). The number of benzene rings is 2. The number of amidine groups is 1. The number of aliphatic imine (C=N–C) groups is 1. The van der Waals surface area contributed by atoms with Gasteiger partial charge in [0.05, 0.1) is 12.0 Å². The van der Waals surface area contributed by atoms with Gasteiger partial charge in [-0.2, -0.15) is 0 Å². The molecule has 1 aliphatic heterocycles. The number of hydrogen-bond acceptors (Lipinski definition) is 6. The summed E-state index contributed by atoms with van der Waals surface area (Å²) in [4.78, 5) is 16.5. The van der Waals surface area contributed by atoms with E-state index in [-0.39, 0.29) is 17.4 Å². The molecule has 30 heavy (non-hydrogen) atoms. The Balaban J connectivity index is 1.54. The smallest absolute Gasteiger partial charge is 0.262 e. The van der Waals surface area contributed by atoms with Crippen LogP contribution in [0.4, 0.5) is 5.69 Å². The first-order valence-corrected chi connectivity index (χ1v) is 11.2. The summed E-state index contributed by atoms with van der Waals surface area (Å²) >= 11 is 0. The highest BCUT2D eigenvalue weighted by molar-refractivity contribution is 7.90. The molecule has 1 aliphatic rings. The van der Waals surface area contributed by atoms with Gasteiger partial charge in [0, 0.05) is 18.7 Å². The molecule has 9 heteroatoms. The van der Waals surface area contributed by atoms with Gasteiger partial charge in [-0.1, -0.05) is 6.42 Å². The van der Waals surface area contributed by atoms with Crippen LogP contribution < -0.4 is 19.5 Å². The molecule has 1 amide bonds. The van der Waals surface area contributed by atoms with Crippen molar-refractivity contribution < 1.29 is 22.7 Å². The molecule has 8 nitrogen and oxygen atoms in total. The van der Waals surface area contributed by atoms with Gasteiger partial charge in [-0.05, 0) is 61.4 Å². The van der Waals surface area contributed by atoms with Crippen LogP contribution in [0.2, 0.25) is 0 Å². The molecule has 0 unspecified atom stereocenters. The third-order valence-electron chi connectivity index (χ3n) is 4.50. The molecule has 2 N–H and O–H groups in total. The molecule has 0 atom stereocenters. The van der Waals surface area contributed by atoms with Gasteiger partial charge in [-0.15, -0.1) is 0 Å². The van der Waals surface area contributed by atoms with E-state index in [0.29, 0.717) is 36.0 Å². The predicted molar refractivity (Wildman–Crippen MR) is 115 cm³/mol. The van der Waals surface area contributed by atoms with Gasteiger partial charge in [-0.25, -0.2) is 8.42 Å². The van der Waals surface area contributed by atoms with Crippen molar-refractivity contribution in [2.75, 3.05) is 25.6 Å². The average molecular weight is 432 g/mol. The number of nitrogens with one attached hydrogen (secondary N) is 2. The lowest BCUT2D eigenvalue weighted by Gasteiger charge is -2.11. The normalized spacial score (nSPS) is 14.2. The topological polar surface area (TPSA) is 106 Å². The molecule has 2 aromatic carbocycles. The van der Waals surface area contributed by atoms with E-state index in [4.69, 9.17) is 9.47 Å². The molecule has 0 radical (unpaired) electrons. The fourth-order valence-electron chi connectivity index (χ4n) is 2.91. The monoisotopic (exact) mass is 431 g/mol. The van der Waals surface area contributed by atoms with Gasteiger partial charge in [0.15, 0.2) is 6.61 Å². The average Bonchev–Trinajstić information content (AvgIpc) is 3.01. The molecule has 0 spiro atoms. The summed E-state index contributed by atoms with van der Waals surface area (Å²) in [6.45, 7) is 0.467. The van der Waals surface area contributed by atoms with Crippen molar-refractivity contribution in [3.8, 4) is 11.5 Å². The maximum absolute atomic E-state index is 12.5. The minimum Gasteiger partial charge on any atom is -0.497 e. The summed E-state index contributed by atoms with van der Waals surface area (Å²) in [7, 11) is -2.13. The fraction of sp³-hybridized carbons (Fsp3) is 0.333. The summed E-state index contributed by atoms with van der Waals surface area (Å²) in [6, 6.07) is 12.8. The van der Waals surface area contributed by atoms with E-state index >= 15 is 0 Å². The van der Waals surface area contributed by atoms with Crippen LogP contribution in [0.3, 0.4) is 0 Å². The number of carbonyl (C=O) groups is 1. The molecule has 0 bridgehead atoms. The molecule has 0 saturated carbocycles. The Morgan fingerprint density at radius 1 is 1.00 bits per heavy atom. The molecular weight excluding hydrogens is 406 g/mol. The first-order valence-electron chi connectivity index (χ1n) is 9.69. The predicted octanol–water partition coefficient (Wildman–Crippen LogP) is 2.96. The van der Waals surface area contributed by atoms with E-state index in [2.05, 4.69) is 15.0 Å². The van der Waals surface area contributed by atoms with Crippen LogP contribution in [0.5, 0.6) is 11.5 Å². The maximum atomic E-state index is 12.5. The van der Waals surface area contributed by atoms with Crippen LogP contribution in [0, 0.1) is 0 Å². The second-order valence-corrected chi connectivity index (χ2v) is 8.46. The number of hydrogen-bond donors (Lipinski definition) is 2. The number of ether oxygens (including phenoxy) is 2. The maximum Gasteiger partial charge on any atom is 0.262 e. The fourth-order valence-corrected chi connectivity index (χ4v) is 4.00. The van der Waals surface area contributed by atoms with Crippen molar-refractivity contribution >= 4 is 27.5 Å². The van der Waals surface area contributed by atoms with Crippen LogP contribution in [-0.4, -0.2) is 40.4 Å². The van der Waals surface area contributed by atoms with Crippen molar-refractivity contribution in [1.29, 1.82) is 0 Å². The summed E-state index contributed by atoms with van der Waals surface area (Å²) in [6.07, 6.45) is 3.57. The Bertz CT molecular complexity index is 986. The number of amides is 1. The second-order valence-electron chi connectivity index (χ2n) is 6.78. The lowest BCUT2D eigenvalue weighted by atomic mass is 10.2.